The summed E-state index contributed by atoms with van der Waals surface area (Å²) < 4.78 is 22.1. The zero-order valence-electron chi connectivity index (χ0n) is 28.1. The van der Waals surface area contributed by atoms with Gasteiger partial charge in [0.2, 0.25) is 0 Å². The highest BCUT2D eigenvalue weighted by Crippen LogP contribution is 2.56. The third-order valence-corrected chi connectivity index (χ3v) is 9.63. The molecule has 0 unspecified atom stereocenters. The minimum atomic E-state index is 0.157. The molecule has 0 amide bonds. The largest absolute Gasteiger partial charge is 0.508 e. The van der Waals surface area contributed by atoms with Crippen LogP contribution in [0.4, 0.5) is 0 Å². The molecule has 8 aromatic carbocycles. The molecule has 8 rings (SSSR count). The zero-order chi connectivity index (χ0) is 34.5. The fourth-order valence-corrected chi connectivity index (χ4v) is 7.31. The van der Waals surface area contributed by atoms with Gasteiger partial charge in [-0.25, -0.2) is 0 Å². The summed E-state index contributed by atoms with van der Waals surface area (Å²) in [5, 5.41) is 29.4. The molecule has 0 aliphatic heterocycles. The molecule has 246 valence electrons. The summed E-state index contributed by atoms with van der Waals surface area (Å²) in [6, 6.07) is 39.2. The van der Waals surface area contributed by atoms with E-state index in [1.807, 2.05) is 115 Å². The second-order valence-electron chi connectivity index (χ2n) is 12.2. The van der Waals surface area contributed by atoms with Crippen LogP contribution < -0.4 is 18.9 Å². The molecule has 0 saturated heterocycles. The van der Waals surface area contributed by atoms with E-state index in [0.717, 1.165) is 82.9 Å². The van der Waals surface area contributed by atoms with Gasteiger partial charge >= 0.3 is 0 Å². The number of hydrogen-bond acceptors (Lipinski definition) is 6. The van der Waals surface area contributed by atoms with E-state index in [1.54, 1.807) is 34.5 Å². The molecule has 0 saturated carbocycles. The summed E-state index contributed by atoms with van der Waals surface area (Å²) in [6.07, 6.45) is 0. The molecular weight excluding hydrogens is 624 g/mol. The van der Waals surface area contributed by atoms with E-state index in [1.165, 1.54) is 0 Å². The lowest BCUT2D eigenvalue weighted by Gasteiger charge is -2.26. The van der Waals surface area contributed by atoms with E-state index in [9.17, 15) is 10.2 Å². The van der Waals surface area contributed by atoms with Crippen LogP contribution in [0.1, 0.15) is 0 Å². The van der Waals surface area contributed by atoms with Gasteiger partial charge in [-0.2, -0.15) is 0 Å². The van der Waals surface area contributed by atoms with Crippen molar-refractivity contribution in [3.05, 3.63) is 121 Å². The monoisotopic (exact) mass is 658 g/mol. The molecule has 0 aliphatic rings. The predicted octanol–water partition coefficient (Wildman–Crippen LogP) is 10.7. The molecule has 6 heteroatoms. The highest BCUT2D eigenvalue weighted by molar-refractivity contribution is 6.36. The fourth-order valence-electron chi connectivity index (χ4n) is 7.31. The van der Waals surface area contributed by atoms with Gasteiger partial charge in [0.05, 0.1) is 28.4 Å². The maximum absolute atomic E-state index is 12.7. The maximum Gasteiger partial charge on any atom is 0.132 e. The molecule has 0 atom stereocenters. The first kappa shape index (κ1) is 30.9. The van der Waals surface area contributed by atoms with Crippen molar-refractivity contribution in [1.29, 1.82) is 0 Å². The van der Waals surface area contributed by atoms with Crippen molar-refractivity contribution in [3.63, 3.8) is 0 Å². The van der Waals surface area contributed by atoms with Gasteiger partial charge in [0.15, 0.2) is 0 Å². The highest BCUT2D eigenvalue weighted by Gasteiger charge is 2.28. The Balaban J connectivity index is 1.65. The first-order chi connectivity index (χ1) is 24.4. The molecular formula is C44H34O6. The molecule has 0 aromatic heterocycles. The second kappa shape index (κ2) is 12.2. The normalized spacial score (nSPS) is 11.4. The number of hydrogen-bond donors (Lipinski definition) is 2. The molecule has 0 aliphatic carbocycles. The summed E-state index contributed by atoms with van der Waals surface area (Å²) in [5.41, 5.74) is 6.77. The number of aromatic hydroxyl groups is 2. The van der Waals surface area contributed by atoms with Crippen LogP contribution in [0.5, 0.6) is 34.5 Å². The molecule has 6 nitrogen and oxygen atoms in total. The molecule has 50 heavy (non-hydrogen) atoms. The number of rotatable bonds is 8. The van der Waals surface area contributed by atoms with Gasteiger partial charge in [-0.1, -0.05) is 60.7 Å². The third-order valence-electron chi connectivity index (χ3n) is 9.63. The Morgan fingerprint density at radius 3 is 1.24 bits per heavy atom. The quantitative estimate of drug-likeness (QED) is 0.158. The molecule has 0 fully saturated rings. The Hall–Kier alpha value is -6.40. The molecule has 0 heterocycles. The number of benzene rings is 8. The van der Waals surface area contributed by atoms with Crippen LogP contribution in [0, 0.1) is 0 Å². The predicted molar refractivity (Wildman–Crippen MR) is 201 cm³/mol. The van der Waals surface area contributed by atoms with E-state index in [0.29, 0.717) is 16.9 Å². The van der Waals surface area contributed by atoms with E-state index in [-0.39, 0.29) is 11.5 Å². The molecule has 8 aromatic rings. The Bertz CT molecular complexity index is 2500. The fraction of sp³-hybridized carbons (Fsp3) is 0.0909. The van der Waals surface area contributed by atoms with Crippen LogP contribution in [0.15, 0.2) is 121 Å². The topological polar surface area (TPSA) is 77.4 Å². The standard InChI is InChI=1S/C44H34O6/c1-47-31-14-5-25(6-15-31)37-36-24-30(45)23-29-13-22-35-39(26-7-16-32(48-2)17-8-26)44(46)41(28-11-20-34(50-4)21-12-28)43(42(35)38(29)36)40(37)27-9-18-33(49-3)19-10-27/h5-24,45-46H,1-4H3. The van der Waals surface area contributed by atoms with Gasteiger partial charge in [-0.15, -0.1) is 0 Å². The Kier molecular flexibility index (Phi) is 7.57. The van der Waals surface area contributed by atoms with Gasteiger partial charge in [0.1, 0.15) is 34.5 Å². The van der Waals surface area contributed by atoms with E-state index in [4.69, 9.17) is 18.9 Å². The van der Waals surface area contributed by atoms with Gasteiger partial charge in [-0.3, -0.25) is 0 Å². The molecule has 0 bridgehead atoms. The number of ether oxygens (including phenoxy) is 4. The van der Waals surface area contributed by atoms with Crippen LogP contribution in [0.2, 0.25) is 0 Å². The number of phenolic OH excluding ortho intramolecular Hbond substituents is 2. The van der Waals surface area contributed by atoms with Crippen LogP contribution in [0.3, 0.4) is 0 Å². The van der Waals surface area contributed by atoms with Gasteiger partial charge in [-0.05, 0) is 121 Å². The SMILES string of the molecule is COc1ccc(-c2c(-c3ccc(OC)cc3)c3c(-c4ccc(OC)cc4)c(O)c(-c4ccc(OC)cc4)c4ccc5cc(O)cc2c5c43)cc1. The van der Waals surface area contributed by atoms with E-state index in [2.05, 4.69) is 0 Å². The van der Waals surface area contributed by atoms with E-state index >= 15 is 0 Å². The van der Waals surface area contributed by atoms with Crippen molar-refractivity contribution in [2.45, 2.75) is 0 Å². The van der Waals surface area contributed by atoms with Crippen molar-refractivity contribution >= 4 is 32.3 Å². The van der Waals surface area contributed by atoms with Crippen LogP contribution in [0.25, 0.3) is 76.8 Å². The maximum atomic E-state index is 12.7. The Morgan fingerprint density at radius 1 is 0.360 bits per heavy atom. The van der Waals surface area contributed by atoms with Crippen LogP contribution in [-0.4, -0.2) is 38.7 Å². The number of methoxy groups -OCH3 is 4. The lowest BCUT2D eigenvalue weighted by molar-refractivity contribution is 0.414. The minimum absolute atomic E-state index is 0.157. The van der Waals surface area contributed by atoms with Crippen LogP contribution >= 0.6 is 0 Å². The first-order valence-electron chi connectivity index (χ1n) is 16.2. The minimum Gasteiger partial charge on any atom is -0.508 e. The smallest absolute Gasteiger partial charge is 0.132 e. The van der Waals surface area contributed by atoms with Crippen molar-refractivity contribution in [1.82, 2.24) is 0 Å². The summed E-state index contributed by atoms with van der Waals surface area (Å²) in [7, 11) is 6.58. The van der Waals surface area contributed by atoms with Crippen molar-refractivity contribution in [2.24, 2.45) is 0 Å². The third kappa shape index (κ3) is 4.88. The lowest BCUT2D eigenvalue weighted by atomic mass is 9.77. The summed E-state index contributed by atoms with van der Waals surface area (Å²) in [6.45, 7) is 0. The van der Waals surface area contributed by atoms with Gasteiger partial charge < -0.3 is 29.2 Å². The Morgan fingerprint density at radius 2 is 0.780 bits per heavy atom. The zero-order valence-corrected chi connectivity index (χ0v) is 28.1. The van der Waals surface area contributed by atoms with E-state index < -0.39 is 0 Å². The average Bonchev–Trinajstić information content (AvgIpc) is 3.16. The second-order valence-corrected chi connectivity index (χ2v) is 12.2. The Labute approximate surface area is 289 Å². The lowest BCUT2D eigenvalue weighted by Crippen LogP contribution is -1.98. The van der Waals surface area contributed by atoms with Gasteiger partial charge in [0, 0.05) is 16.5 Å². The summed E-state index contributed by atoms with van der Waals surface area (Å²) in [4.78, 5) is 0. The molecule has 0 radical (unpaired) electrons. The van der Waals surface area contributed by atoms with Crippen molar-refractivity contribution < 1.29 is 29.2 Å². The van der Waals surface area contributed by atoms with Crippen molar-refractivity contribution in [3.8, 4) is 79.0 Å². The molecule has 0 spiro atoms. The summed E-state index contributed by atoms with van der Waals surface area (Å²) in [5.74, 6) is 3.23. The highest BCUT2D eigenvalue weighted by atomic mass is 16.5. The van der Waals surface area contributed by atoms with Crippen molar-refractivity contribution in [2.75, 3.05) is 28.4 Å². The average molecular weight is 659 g/mol. The van der Waals surface area contributed by atoms with Crippen LogP contribution in [-0.2, 0) is 0 Å². The number of phenols is 2. The summed E-state index contributed by atoms with van der Waals surface area (Å²) >= 11 is 0. The first-order valence-corrected chi connectivity index (χ1v) is 16.2. The van der Waals surface area contributed by atoms with Gasteiger partial charge in [0.25, 0.3) is 0 Å². The molecule has 2 N–H and O–H groups in total.